The summed E-state index contributed by atoms with van der Waals surface area (Å²) in [6, 6.07) is 0. The smallest absolute Gasteiger partial charge is 0.192 e. The first kappa shape index (κ1) is 18.6. The lowest BCUT2D eigenvalue weighted by Crippen LogP contribution is -2.46. The third-order valence-electron chi connectivity index (χ3n) is 5.28. The molecular formula is C18H34O2Si. The minimum atomic E-state index is -1.74. The molecule has 0 aromatic heterocycles. The van der Waals surface area contributed by atoms with Crippen LogP contribution in [0.4, 0.5) is 0 Å². The molecule has 0 aromatic rings. The Balaban J connectivity index is 2.90. The second-order valence-electron chi connectivity index (χ2n) is 7.94. The molecule has 0 unspecified atom stereocenters. The summed E-state index contributed by atoms with van der Waals surface area (Å²) in [6.45, 7) is 13.8. The molecule has 0 amide bonds. The Labute approximate surface area is 132 Å². The van der Waals surface area contributed by atoms with Crippen LogP contribution in [0.5, 0.6) is 0 Å². The maximum atomic E-state index is 10.9. The summed E-state index contributed by atoms with van der Waals surface area (Å²) in [5, 5.41) is 0.244. The van der Waals surface area contributed by atoms with Crippen LogP contribution in [0.15, 0.2) is 11.6 Å². The summed E-state index contributed by atoms with van der Waals surface area (Å²) in [6.07, 6.45) is 10.1. The van der Waals surface area contributed by atoms with Gasteiger partial charge in [-0.25, -0.2) is 0 Å². The van der Waals surface area contributed by atoms with E-state index in [1.807, 2.05) is 6.08 Å². The summed E-state index contributed by atoms with van der Waals surface area (Å²) < 4.78 is 6.71. The van der Waals surface area contributed by atoms with Gasteiger partial charge in [-0.1, -0.05) is 46.1 Å². The van der Waals surface area contributed by atoms with E-state index in [-0.39, 0.29) is 5.04 Å². The molecule has 0 spiro atoms. The lowest BCUT2D eigenvalue weighted by molar-refractivity contribution is -0.104. The van der Waals surface area contributed by atoms with Crippen molar-refractivity contribution in [3.63, 3.8) is 0 Å². The fourth-order valence-electron chi connectivity index (χ4n) is 2.92. The monoisotopic (exact) mass is 310 g/mol. The van der Waals surface area contributed by atoms with Crippen molar-refractivity contribution < 1.29 is 9.22 Å². The summed E-state index contributed by atoms with van der Waals surface area (Å²) >= 11 is 0. The van der Waals surface area contributed by atoms with Crippen molar-refractivity contribution in [2.24, 2.45) is 5.92 Å². The Bertz CT molecular complexity index is 366. The fraction of sp³-hybridized carbons (Fsp3) is 0.833. The Hall–Kier alpha value is -0.413. The van der Waals surface area contributed by atoms with Gasteiger partial charge in [0.05, 0.1) is 6.10 Å². The standard InChI is InChI=1S/C18H34O2Si/c1-7-8-11-16-15(13-14-19)10-9-12-17(16)20-21(5,6)18(2,3)4/h13-14,16-17H,7-12H2,1-6H3/b15-13+/t16-,17-/m0/s1. The Morgan fingerprint density at radius 2 is 2.00 bits per heavy atom. The van der Waals surface area contributed by atoms with E-state index in [4.69, 9.17) is 4.43 Å². The number of allylic oxidation sites excluding steroid dienone is 1. The van der Waals surface area contributed by atoms with E-state index in [0.29, 0.717) is 12.0 Å². The van der Waals surface area contributed by atoms with Gasteiger partial charge in [-0.05, 0) is 49.9 Å². The van der Waals surface area contributed by atoms with Gasteiger partial charge in [0.2, 0.25) is 0 Å². The van der Waals surface area contributed by atoms with Crippen LogP contribution < -0.4 is 0 Å². The second kappa shape index (κ2) is 7.73. The first-order valence-electron chi connectivity index (χ1n) is 8.55. The van der Waals surface area contributed by atoms with E-state index in [1.54, 1.807) is 0 Å². The minimum absolute atomic E-state index is 0.244. The number of carbonyl (C=O) groups excluding carboxylic acids is 1. The van der Waals surface area contributed by atoms with Crippen molar-refractivity contribution in [1.29, 1.82) is 0 Å². The average molecular weight is 311 g/mol. The van der Waals surface area contributed by atoms with Crippen molar-refractivity contribution >= 4 is 14.6 Å². The highest BCUT2D eigenvalue weighted by molar-refractivity contribution is 6.74. The summed E-state index contributed by atoms with van der Waals surface area (Å²) in [5.41, 5.74) is 1.33. The summed E-state index contributed by atoms with van der Waals surface area (Å²) in [4.78, 5) is 10.9. The van der Waals surface area contributed by atoms with Crippen molar-refractivity contribution in [2.45, 2.75) is 90.5 Å². The van der Waals surface area contributed by atoms with Gasteiger partial charge >= 0.3 is 0 Å². The first-order valence-corrected chi connectivity index (χ1v) is 11.5. The van der Waals surface area contributed by atoms with Gasteiger partial charge in [-0.2, -0.15) is 0 Å². The fourth-order valence-corrected chi connectivity index (χ4v) is 4.31. The normalized spacial score (nSPS) is 26.1. The van der Waals surface area contributed by atoms with E-state index in [2.05, 4.69) is 40.8 Å². The molecule has 0 aromatic carbocycles. The van der Waals surface area contributed by atoms with E-state index in [0.717, 1.165) is 32.0 Å². The Kier molecular flexibility index (Phi) is 6.86. The van der Waals surface area contributed by atoms with Gasteiger partial charge in [0.1, 0.15) is 6.29 Å². The zero-order valence-electron chi connectivity index (χ0n) is 14.9. The highest BCUT2D eigenvalue weighted by Crippen LogP contribution is 2.42. The molecule has 0 bridgehead atoms. The number of rotatable bonds is 6. The summed E-state index contributed by atoms with van der Waals surface area (Å²) in [7, 11) is -1.74. The van der Waals surface area contributed by atoms with E-state index in [1.165, 1.54) is 18.4 Å². The third kappa shape index (κ3) is 5.06. The molecule has 2 nitrogen and oxygen atoms in total. The molecular weight excluding hydrogens is 276 g/mol. The summed E-state index contributed by atoms with van der Waals surface area (Å²) in [5.74, 6) is 0.457. The van der Waals surface area contributed by atoms with Gasteiger partial charge in [-0.15, -0.1) is 0 Å². The maximum absolute atomic E-state index is 10.9. The van der Waals surface area contributed by atoms with Gasteiger partial charge in [0, 0.05) is 5.92 Å². The predicted octanol–water partition coefficient (Wildman–Crippen LogP) is 5.49. The molecule has 0 saturated heterocycles. The average Bonchev–Trinajstić information content (AvgIpc) is 2.36. The molecule has 0 aliphatic heterocycles. The predicted molar refractivity (Wildman–Crippen MR) is 93.1 cm³/mol. The molecule has 1 rings (SSSR count). The van der Waals surface area contributed by atoms with Crippen LogP contribution in [-0.2, 0) is 9.22 Å². The topological polar surface area (TPSA) is 26.3 Å². The van der Waals surface area contributed by atoms with Crippen molar-refractivity contribution in [2.75, 3.05) is 0 Å². The molecule has 1 aliphatic carbocycles. The first-order chi connectivity index (χ1) is 9.73. The molecule has 0 heterocycles. The minimum Gasteiger partial charge on any atom is -0.413 e. The van der Waals surface area contributed by atoms with Crippen LogP contribution in [-0.4, -0.2) is 20.7 Å². The van der Waals surface area contributed by atoms with E-state index in [9.17, 15) is 4.79 Å². The van der Waals surface area contributed by atoms with Gasteiger partial charge in [0.15, 0.2) is 8.32 Å². The van der Waals surface area contributed by atoms with Crippen molar-refractivity contribution in [3.8, 4) is 0 Å². The molecule has 2 atom stereocenters. The number of aldehydes is 1. The highest BCUT2D eigenvalue weighted by Gasteiger charge is 2.41. The molecule has 1 saturated carbocycles. The molecule has 0 radical (unpaired) electrons. The zero-order chi connectivity index (χ0) is 16.1. The van der Waals surface area contributed by atoms with Crippen molar-refractivity contribution in [3.05, 3.63) is 11.6 Å². The van der Waals surface area contributed by atoms with Gasteiger partial charge in [0.25, 0.3) is 0 Å². The lowest BCUT2D eigenvalue weighted by atomic mass is 9.79. The third-order valence-corrected chi connectivity index (χ3v) is 9.79. The van der Waals surface area contributed by atoms with Crippen LogP contribution in [0.2, 0.25) is 18.1 Å². The Morgan fingerprint density at radius 3 is 2.52 bits per heavy atom. The van der Waals surface area contributed by atoms with Crippen LogP contribution in [0, 0.1) is 5.92 Å². The Morgan fingerprint density at radius 1 is 1.33 bits per heavy atom. The molecule has 1 aliphatic rings. The van der Waals surface area contributed by atoms with Gasteiger partial charge < -0.3 is 4.43 Å². The molecule has 122 valence electrons. The van der Waals surface area contributed by atoms with Gasteiger partial charge in [-0.3, -0.25) is 4.79 Å². The number of hydrogen-bond donors (Lipinski definition) is 0. The van der Waals surface area contributed by atoms with Crippen LogP contribution in [0.1, 0.15) is 66.2 Å². The molecule has 1 fully saturated rings. The van der Waals surface area contributed by atoms with E-state index < -0.39 is 8.32 Å². The molecule has 21 heavy (non-hydrogen) atoms. The molecule has 0 N–H and O–H groups in total. The number of carbonyl (C=O) groups is 1. The number of hydrogen-bond acceptors (Lipinski definition) is 2. The van der Waals surface area contributed by atoms with Crippen LogP contribution in [0.25, 0.3) is 0 Å². The molecule has 3 heteroatoms. The quantitative estimate of drug-likeness (QED) is 0.368. The largest absolute Gasteiger partial charge is 0.413 e. The SMILES string of the molecule is CCCC[C@H]1/C(=C/C=O)CCC[C@@H]1O[Si](C)(C)C(C)(C)C. The zero-order valence-corrected chi connectivity index (χ0v) is 15.9. The number of unbranched alkanes of at least 4 members (excludes halogenated alkanes) is 1. The second-order valence-corrected chi connectivity index (χ2v) is 12.7. The van der Waals surface area contributed by atoms with Crippen molar-refractivity contribution in [1.82, 2.24) is 0 Å². The highest BCUT2D eigenvalue weighted by atomic mass is 28.4. The van der Waals surface area contributed by atoms with E-state index >= 15 is 0 Å². The van der Waals surface area contributed by atoms with Crippen LogP contribution in [0.3, 0.4) is 0 Å². The maximum Gasteiger partial charge on any atom is 0.192 e. The van der Waals surface area contributed by atoms with Crippen LogP contribution >= 0.6 is 0 Å². The lowest BCUT2D eigenvalue weighted by Gasteiger charge is -2.44.